The third kappa shape index (κ3) is 5.16. The highest BCUT2D eigenvalue weighted by Gasteiger charge is 2.59. The Hall–Kier alpha value is -1.98. The van der Waals surface area contributed by atoms with Gasteiger partial charge in [-0.25, -0.2) is 4.79 Å². The van der Waals surface area contributed by atoms with E-state index in [0.717, 1.165) is 10.5 Å². The van der Waals surface area contributed by atoms with E-state index in [4.69, 9.17) is 28.4 Å². The number of rotatable bonds is 9. The monoisotopic (exact) mass is 488 g/mol. The fourth-order valence-corrected chi connectivity index (χ4v) is 5.36. The summed E-state index contributed by atoms with van der Waals surface area (Å²) in [5.74, 6) is -0.467. The van der Waals surface area contributed by atoms with Crippen LogP contribution < -0.4 is 0 Å². The largest absolute Gasteiger partial charge is 0.459 e. The predicted octanol–water partition coefficient (Wildman–Crippen LogP) is 2.55. The fourth-order valence-electron chi connectivity index (χ4n) is 4.18. The van der Waals surface area contributed by atoms with E-state index >= 15 is 0 Å². The number of thioether (sulfide) groups is 1. The number of aliphatic hydroxyl groups excluding tert-OH is 1. The van der Waals surface area contributed by atoms with E-state index < -0.39 is 36.0 Å². The highest BCUT2D eigenvalue weighted by Crippen LogP contribution is 2.41. The molecule has 0 unspecified atom stereocenters. The van der Waals surface area contributed by atoms with Crippen molar-refractivity contribution in [2.75, 3.05) is 20.3 Å². The van der Waals surface area contributed by atoms with Crippen LogP contribution in [0.3, 0.4) is 0 Å². The molecule has 3 fully saturated rings. The van der Waals surface area contributed by atoms with Gasteiger partial charge in [-0.15, -0.1) is 11.8 Å². The van der Waals surface area contributed by atoms with Gasteiger partial charge in [-0.3, -0.25) is 0 Å². The number of ether oxygens (including phenoxy) is 6. The Morgan fingerprint density at radius 3 is 2.38 bits per heavy atom. The average molecular weight is 489 g/mol. The van der Waals surface area contributed by atoms with Crippen molar-refractivity contribution in [1.29, 1.82) is 0 Å². The van der Waals surface area contributed by atoms with Crippen molar-refractivity contribution in [3.63, 3.8) is 0 Å². The van der Waals surface area contributed by atoms with Crippen molar-refractivity contribution in [2.45, 2.75) is 60.2 Å². The molecule has 8 atom stereocenters. The Morgan fingerprint density at radius 2 is 1.68 bits per heavy atom. The minimum absolute atomic E-state index is 0.0536. The van der Waals surface area contributed by atoms with Gasteiger partial charge in [-0.2, -0.15) is 0 Å². The molecule has 8 nitrogen and oxygen atoms in total. The molecule has 0 bridgehead atoms. The lowest BCUT2D eigenvalue weighted by Gasteiger charge is -2.22. The highest BCUT2D eigenvalue weighted by molar-refractivity contribution is 8.00. The van der Waals surface area contributed by atoms with Gasteiger partial charge in [-0.05, 0) is 31.2 Å². The van der Waals surface area contributed by atoms with E-state index in [0.29, 0.717) is 5.56 Å². The van der Waals surface area contributed by atoms with Gasteiger partial charge in [0.15, 0.2) is 12.6 Å². The number of carbonyl (C=O) groups excluding carboxylic acids is 1. The van der Waals surface area contributed by atoms with Gasteiger partial charge in [0, 0.05) is 12.0 Å². The molecule has 0 amide bonds. The Bertz CT molecular complexity index is 971. The zero-order valence-corrected chi connectivity index (χ0v) is 19.8. The SMILES string of the molecule is CO[C@H]1O[C@H](CO[C@H]2O[C@H](COC(=O)c3ccccc3)[C@@H](O)[C@@H]2Sc2ccc(C)cc2)[C@@H]2O[C@H]12. The second-order valence-corrected chi connectivity index (χ2v) is 9.82. The number of hydrogen-bond acceptors (Lipinski definition) is 9. The second-order valence-electron chi connectivity index (χ2n) is 8.57. The molecular formula is C25H28O8S. The van der Waals surface area contributed by atoms with Gasteiger partial charge >= 0.3 is 5.97 Å². The van der Waals surface area contributed by atoms with E-state index in [1.807, 2.05) is 37.3 Å². The quantitative estimate of drug-likeness (QED) is 0.422. The van der Waals surface area contributed by atoms with E-state index in [9.17, 15) is 9.90 Å². The molecule has 3 aliphatic rings. The number of aryl methyl sites for hydroxylation is 1. The lowest BCUT2D eigenvalue weighted by molar-refractivity contribution is -0.198. The summed E-state index contributed by atoms with van der Waals surface area (Å²) in [7, 11) is 1.58. The minimum atomic E-state index is -0.902. The first kappa shape index (κ1) is 23.7. The molecule has 0 saturated carbocycles. The van der Waals surface area contributed by atoms with Crippen molar-refractivity contribution in [3.8, 4) is 0 Å². The molecule has 182 valence electrons. The van der Waals surface area contributed by atoms with Crippen LogP contribution in [0.25, 0.3) is 0 Å². The number of epoxide rings is 1. The number of methoxy groups -OCH3 is 1. The van der Waals surface area contributed by atoms with E-state index in [-0.39, 0.29) is 31.5 Å². The third-order valence-corrected chi connectivity index (χ3v) is 7.46. The zero-order chi connectivity index (χ0) is 23.7. The average Bonchev–Trinajstić information content (AvgIpc) is 3.50. The van der Waals surface area contributed by atoms with Gasteiger partial charge in [0.25, 0.3) is 0 Å². The molecule has 34 heavy (non-hydrogen) atoms. The van der Waals surface area contributed by atoms with E-state index in [1.165, 1.54) is 11.8 Å². The summed E-state index contributed by atoms with van der Waals surface area (Å²) in [4.78, 5) is 13.3. The van der Waals surface area contributed by atoms with Crippen molar-refractivity contribution < 1.29 is 38.3 Å². The first-order chi connectivity index (χ1) is 16.5. The molecule has 3 aliphatic heterocycles. The standard InChI is InChI=1S/C25H28O8S/c1-14-8-10-16(11-9-14)34-22-19(26)17(12-29-23(27)15-6-4-3-5-7-15)31-25(22)30-13-18-20-21(33-20)24(28-2)32-18/h3-11,17-22,24-26H,12-13H2,1-2H3/t17-,18-,19-,20+,21+,22+,24+,25+/m1/s1. The molecule has 1 N–H and O–H groups in total. The van der Waals surface area contributed by atoms with E-state index in [2.05, 4.69) is 0 Å². The maximum absolute atomic E-state index is 12.4. The van der Waals surface area contributed by atoms with Crippen LogP contribution in [0.1, 0.15) is 15.9 Å². The summed E-state index contributed by atoms with van der Waals surface area (Å²) >= 11 is 1.47. The molecular weight excluding hydrogens is 460 g/mol. The Labute approximate surface area is 202 Å². The zero-order valence-electron chi connectivity index (χ0n) is 18.9. The third-order valence-electron chi connectivity index (χ3n) is 6.14. The summed E-state index contributed by atoms with van der Waals surface area (Å²) < 4.78 is 34.2. The van der Waals surface area contributed by atoms with Crippen molar-refractivity contribution in [1.82, 2.24) is 0 Å². The number of fused-ring (bicyclic) bond motifs is 1. The lowest BCUT2D eigenvalue weighted by atomic mass is 10.2. The number of benzene rings is 2. The van der Waals surface area contributed by atoms with Crippen LogP contribution in [-0.2, 0) is 28.4 Å². The molecule has 2 aromatic carbocycles. The summed E-state index contributed by atoms with van der Waals surface area (Å²) in [5, 5.41) is 10.6. The topological polar surface area (TPSA) is 96.0 Å². The molecule has 0 aliphatic carbocycles. The van der Waals surface area contributed by atoms with Gasteiger partial charge in [-0.1, -0.05) is 35.9 Å². The van der Waals surface area contributed by atoms with Crippen LogP contribution >= 0.6 is 11.8 Å². The van der Waals surface area contributed by atoms with Crippen LogP contribution in [0.4, 0.5) is 0 Å². The molecule has 5 rings (SSSR count). The van der Waals surface area contributed by atoms with Crippen LogP contribution in [-0.4, -0.2) is 79.7 Å². The molecule has 3 heterocycles. The van der Waals surface area contributed by atoms with Crippen LogP contribution in [0.2, 0.25) is 0 Å². The van der Waals surface area contributed by atoms with Crippen molar-refractivity contribution >= 4 is 17.7 Å². The number of esters is 1. The van der Waals surface area contributed by atoms with Gasteiger partial charge in [0.1, 0.15) is 37.1 Å². The molecule has 0 aromatic heterocycles. The highest BCUT2D eigenvalue weighted by atomic mass is 32.2. The molecule has 2 aromatic rings. The lowest BCUT2D eigenvalue weighted by Crippen LogP contribution is -2.35. The van der Waals surface area contributed by atoms with Crippen molar-refractivity contribution in [2.24, 2.45) is 0 Å². The molecule has 0 radical (unpaired) electrons. The Kier molecular flexibility index (Phi) is 7.22. The molecule has 3 saturated heterocycles. The van der Waals surface area contributed by atoms with Gasteiger partial charge in [0.05, 0.1) is 17.4 Å². The minimum Gasteiger partial charge on any atom is -0.459 e. The summed E-state index contributed by atoms with van der Waals surface area (Å²) in [6.07, 6.45) is -3.11. The van der Waals surface area contributed by atoms with Crippen molar-refractivity contribution in [3.05, 3.63) is 65.7 Å². The summed E-state index contributed by atoms with van der Waals surface area (Å²) in [6.45, 7) is 2.17. The second kappa shape index (κ2) is 10.3. The normalized spacial score (nSPS) is 34.1. The van der Waals surface area contributed by atoms with Crippen LogP contribution in [0.15, 0.2) is 59.5 Å². The van der Waals surface area contributed by atoms with Crippen LogP contribution in [0, 0.1) is 6.92 Å². The number of carbonyl (C=O) groups is 1. The maximum atomic E-state index is 12.4. The first-order valence-electron chi connectivity index (χ1n) is 11.3. The summed E-state index contributed by atoms with van der Waals surface area (Å²) in [6, 6.07) is 16.7. The molecule has 9 heteroatoms. The first-order valence-corrected chi connectivity index (χ1v) is 12.2. The van der Waals surface area contributed by atoms with Crippen LogP contribution in [0.5, 0.6) is 0 Å². The smallest absolute Gasteiger partial charge is 0.338 e. The number of hydrogen-bond donors (Lipinski definition) is 1. The van der Waals surface area contributed by atoms with Gasteiger partial charge < -0.3 is 33.5 Å². The van der Waals surface area contributed by atoms with E-state index in [1.54, 1.807) is 31.4 Å². The Morgan fingerprint density at radius 1 is 0.941 bits per heavy atom. The predicted molar refractivity (Wildman–Crippen MR) is 122 cm³/mol. The van der Waals surface area contributed by atoms with Gasteiger partial charge in [0.2, 0.25) is 0 Å². The summed E-state index contributed by atoms with van der Waals surface area (Å²) in [5.41, 5.74) is 1.59. The fraction of sp³-hybridized carbons (Fsp3) is 0.480. The number of aliphatic hydroxyl groups is 1. The maximum Gasteiger partial charge on any atom is 0.338 e. The molecule has 0 spiro atoms. The Balaban J connectivity index is 1.23.